The number of amides is 7. The van der Waals surface area contributed by atoms with E-state index >= 15 is 0 Å². The summed E-state index contributed by atoms with van der Waals surface area (Å²) in [5.41, 5.74) is 8.57. The van der Waals surface area contributed by atoms with Crippen LogP contribution in [0.1, 0.15) is 29.9 Å². The Labute approximate surface area is 311 Å². The highest BCUT2D eigenvalue weighted by molar-refractivity contribution is 8.02. The van der Waals surface area contributed by atoms with Crippen LogP contribution in [0.3, 0.4) is 0 Å². The number of aromatic hydroxyl groups is 2. The van der Waals surface area contributed by atoms with Crippen LogP contribution in [-0.2, 0) is 24.0 Å². The Kier molecular flexibility index (Phi) is 10.4. The number of anilines is 1. The molecule has 3 aliphatic rings. The minimum Gasteiger partial charge on any atom is -0.504 e. The van der Waals surface area contributed by atoms with E-state index in [4.69, 9.17) is 27.9 Å². The van der Waals surface area contributed by atoms with Crippen LogP contribution >= 0.6 is 34.7 Å². The Morgan fingerprint density at radius 1 is 1.19 bits per heavy atom. The fourth-order valence-electron chi connectivity index (χ4n) is 5.35. The molecule has 3 aliphatic heterocycles. The van der Waals surface area contributed by atoms with Crippen LogP contribution in [0.25, 0.3) is 0 Å². The highest BCUT2D eigenvalue weighted by atomic mass is 35.5. The first-order chi connectivity index (χ1) is 24.8. The van der Waals surface area contributed by atoms with Crippen molar-refractivity contribution in [2.75, 3.05) is 38.5 Å². The van der Waals surface area contributed by atoms with E-state index in [9.17, 15) is 54.0 Å². The number of aromatic nitrogens is 1. The molecule has 53 heavy (non-hydrogen) atoms. The van der Waals surface area contributed by atoms with Gasteiger partial charge in [0.05, 0.1) is 30.2 Å². The number of primary amides is 1. The predicted molar refractivity (Wildman–Crippen MR) is 183 cm³/mol. The number of phenolic OH excluding ortho intramolecular Hbond substituents is 2. The van der Waals surface area contributed by atoms with E-state index in [1.54, 1.807) is 0 Å². The molecule has 3 saturated heterocycles. The normalized spacial score (nSPS) is 21.2. The summed E-state index contributed by atoms with van der Waals surface area (Å²) in [7, 11) is 0. The largest absolute Gasteiger partial charge is 0.504 e. The second-order valence-corrected chi connectivity index (χ2v) is 14.7. The molecule has 2 aromatic rings. The number of carbonyl (C=O) groups excluding carboxylic acids is 5. The van der Waals surface area contributed by atoms with Crippen molar-refractivity contribution in [2.45, 2.75) is 35.7 Å². The molecule has 7 amide bonds. The molecule has 22 nitrogen and oxygen atoms in total. The van der Waals surface area contributed by atoms with Crippen LogP contribution in [0, 0.1) is 0 Å². The SMILES string of the molecule is CC(C)(O/N=C(\C(=O)N[C@@H]1C(=O)N2C[C@@](C(=O)O)(N3CCN(N(CCNC(=O)c4ccc(O)c(O)c4Cl)C(N)=O)C3=O)S[C@H]12)c1csc(N)n1)C(=O)O. The fraction of sp³-hybridized carbons (Fsp3) is 0.393. The molecule has 3 atom stereocenters. The number of benzene rings is 1. The molecule has 4 heterocycles. The third-order valence-electron chi connectivity index (χ3n) is 8.24. The third kappa shape index (κ3) is 7.06. The van der Waals surface area contributed by atoms with E-state index < -0.39 is 92.4 Å². The number of hydrogen-bond acceptors (Lipinski definition) is 15. The number of fused-ring (bicyclic) bond motifs is 1. The summed E-state index contributed by atoms with van der Waals surface area (Å²) in [5, 5.41) is 49.4. The number of nitrogens with zero attached hydrogens (tertiary/aromatic N) is 6. The van der Waals surface area contributed by atoms with Crippen molar-refractivity contribution in [3.8, 4) is 11.5 Å². The Bertz CT molecular complexity index is 1940. The highest BCUT2D eigenvalue weighted by Crippen LogP contribution is 2.49. The van der Waals surface area contributed by atoms with Crippen LogP contribution in [0.15, 0.2) is 22.7 Å². The number of urea groups is 2. The van der Waals surface area contributed by atoms with E-state index in [-0.39, 0.29) is 42.6 Å². The van der Waals surface area contributed by atoms with Crippen molar-refractivity contribution < 1.29 is 58.8 Å². The van der Waals surface area contributed by atoms with Crippen molar-refractivity contribution >= 4 is 87.3 Å². The first-order valence-electron chi connectivity index (χ1n) is 15.2. The number of carboxylic acids is 2. The molecule has 0 aliphatic carbocycles. The van der Waals surface area contributed by atoms with Crippen molar-refractivity contribution in [2.24, 2.45) is 10.9 Å². The molecular formula is C28H31ClN10O12S2. The van der Waals surface area contributed by atoms with Gasteiger partial charge in [0.25, 0.3) is 11.8 Å². The van der Waals surface area contributed by atoms with Gasteiger partial charge in [0.2, 0.25) is 16.4 Å². The molecule has 0 bridgehead atoms. The lowest BCUT2D eigenvalue weighted by Gasteiger charge is -2.41. The quantitative estimate of drug-likeness (QED) is 0.0523. The fourth-order valence-corrected chi connectivity index (χ4v) is 7.78. The van der Waals surface area contributed by atoms with Gasteiger partial charge in [-0.15, -0.1) is 11.3 Å². The van der Waals surface area contributed by atoms with Gasteiger partial charge in [-0.25, -0.2) is 34.2 Å². The number of hydrogen-bond donors (Lipinski definition) is 8. The van der Waals surface area contributed by atoms with Crippen molar-refractivity contribution in [3.05, 3.63) is 33.8 Å². The van der Waals surface area contributed by atoms with E-state index in [0.29, 0.717) is 11.8 Å². The van der Waals surface area contributed by atoms with Gasteiger partial charge < -0.3 is 52.3 Å². The van der Waals surface area contributed by atoms with Gasteiger partial charge in [0, 0.05) is 18.5 Å². The second kappa shape index (κ2) is 14.3. The highest BCUT2D eigenvalue weighted by Gasteiger charge is 2.66. The summed E-state index contributed by atoms with van der Waals surface area (Å²) in [4.78, 5) is 98.8. The van der Waals surface area contributed by atoms with E-state index in [2.05, 4.69) is 20.8 Å². The summed E-state index contributed by atoms with van der Waals surface area (Å²) in [6, 6.07) is -1.20. The van der Waals surface area contributed by atoms with Crippen molar-refractivity contribution in [1.29, 1.82) is 0 Å². The first kappa shape index (κ1) is 38.5. The molecule has 10 N–H and O–H groups in total. The number of thioether (sulfide) groups is 1. The van der Waals surface area contributed by atoms with Gasteiger partial charge in [-0.2, -0.15) is 0 Å². The zero-order valence-electron chi connectivity index (χ0n) is 27.5. The van der Waals surface area contributed by atoms with Gasteiger partial charge in [-0.1, -0.05) is 28.5 Å². The monoisotopic (exact) mass is 798 g/mol. The standard InChI is InChI=1S/C28H31ClN10O12S2/c1-27(2,22(45)46)51-35-15(12-9-52-24(30)33-12)19(43)34-16-20(44)36-10-28(23(47)48,53-21(16)36)37-7-8-39(26(37)50)38(25(31)49)6-5-32-18(42)11-3-4-13(40)17(41)14(11)29/h3-4,9,16,21,40-41H,5-8,10H2,1-2H3,(H2,30,33)(H2,31,49)(H,32,42)(H,34,43)(H,45,46)(H,47,48)/b35-15-/t16-,21-,28-/m1/s1. The Balaban J connectivity index is 1.28. The van der Waals surface area contributed by atoms with Gasteiger partial charge in [-0.3, -0.25) is 19.3 Å². The molecule has 284 valence electrons. The Morgan fingerprint density at radius 3 is 2.49 bits per heavy atom. The molecule has 3 fully saturated rings. The number of β-lactam (4-membered cyclic amide) rings is 1. The molecule has 5 rings (SSSR count). The molecule has 25 heteroatoms. The number of oxime groups is 1. The Morgan fingerprint density at radius 2 is 1.89 bits per heavy atom. The number of thiazole rings is 1. The Hall–Kier alpha value is -5.75. The third-order valence-corrected chi connectivity index (χ3v) is 11.0. The van der Waals surface area contributed by atoms with Gasteiger partial charge in [-0.05, 0) is 26.0 Å². The number of carboxylic acid groups (broad SMARTS) is 2. The summed E-state index contributed by atoms with van der Waals surface area (Å²) < 4.78 is 0. The van der Waals surface area contributed by atoms with Crippen LogP contribution in [0.2, 0.25) is 5.02 Å². The minimum atomic E-state index is -2.07. The average molecular weight is 799 g/mol. The summed E-state index contributed by atoms with van der Waals surface area (Å²) in [6.07, 6.45) is 0. The predicted octanol–water partition coefficient (Wildman–Crippen LogP) is -0.982. The van der Waals surface area contributed by atoms with Crippen LogP contribution in [0.5, 0.6) is 11.5 Å². The van der Waals surface area contributed by atoms with Crippen molar-refractivity contribution in [1.82, 2.24) is 35.4 Å². The van der Waals surface area contributed by atoms with E-state index in [1.807, 2.05) is 0 Å². The van der Waals surface area contributed by atoms with E-state index in [1.165, 1.54) is 19.2 Å². The number of phenols is 2. The molecule has 1 aromatic carbocycles. The molecule has 0 spiro atoms. The van der Waals surface area contributed by atoms with Gasteiger partial charge in [0.15, 0.2) is 22.3 Å². The average Bonchev–Trinajstić information content (AvgIpc) is 3.80. The van der Waals surface area contributed by atoms with E-state index in [0.717, 1.165) is 43.3 Å². The zero-order valence-corrected chi connectivity index (χ0v) is 29.9. The lowest BCUT2D eigenvalue weighted by atomic mass is 10.1. The molecule has 0 radical (unpaired) electrons. The minimum absolute atomic E-state index is 0.0469. The maximum atomic E-state index is 13.7. The lowest BCUT2D eigenvalue weighted by Crippen LogP contribution is -2.68. The number of nitrogens with two attached hydrogens (primary N) is 2. The molecule has 0 saturated carbocycles. The lowest BCUT2D eigenvalue weighted by molar-refractivity contribution is -0.161. The van der Waals surface area contributed by atoms with Crippen LogP contribution in [0.4, 0.5) is 14.7 Å². The van der Waals surface area contributed by atoms with Gasteiger partial charge in [0.1, 0.15) is 17.1 Å². The van der Waals surface area contributed by atoms with Gasteiger partial charge >= 0.3 is 24.0 Å². The number of hydrazine groups is 1. The summed E-state index contributed by atoms with van der Waals surface area (Å²) in [5.74, 6) is -6.66. The van der Waals surface area contributed by atoms with Crippen LogP contribution < -0.4 is 22.1 Å². The summed E-state index contributed by atoms with van der Waals surface area (Å²) in [6.45, 7) is 0.774. The first-order valence-corrected chi connectivity index (χ1v) is 17.3. The maximum absolute atomic E-state index is 13.7. The van der Waals surface area contributed by atoms with Crippen LogP contribution in [-0.4, -0.2) is 147 Å². The number of halogens is 1. The number of aliphatic carboxylic acids is 2. The molecule has 0 unspecified atom stereocenters. The topological polar surface area (TPSA) is 324 Å². The maximum Gasteiger partial charge on any atom is 0.350 e. The number of nitrogen functional groups attached to an aromatic ring is 1. The molecular weight excluding hydrogens is 768 g/mol. The zero-order chi connectivity index (χ0) is 39.2. The number of nitrogens with one attached hydrogen (secondary N) is 2. The number of carbonyl (C=O) groups is 7. The smallest absolute Gasteiger partial charge is 0.350 e. The second-order valence-electron chi connectivity index (χ2n) is 12.0. The van der Waals surface area contributed by atoms with Crippen molar-refractivity contribution in [3.63, 3.8) is 0 Å². The summed E-state index contributed by atoms with van der Waals surface area (Å²) >= 11 is 7.57. The molecule has 1 aromatic heterocycles. The number of rotatable bonds is 13.